The molecule has 24 heavy (non-hydrogen) atoms. The number of esters is 1. The minimum atomic E-state index is -1.23. The summed E-state index contributed by atoms with van der Waals surface area (Å²) in [7, 11) is 0. The van der Waals surface area contributed by atoms with Crippen LogP contribution in [0.5, 0.6) is 0 Å². The van der Waals surface area contributed by atoms with Crippen LogP contribution in [0.2, 0.25) is 0 Å². The van der Waals surface area contributed by atoms with Crippen molar-refractivity contribution in [2.45, 2.75) is 26.7 Å². The number of carboxylic acids is 1. The van der Waals surface area contributed by atoms with Gasteiger partial charge in [0.2, 0.25) is 5.91 Å². The molecule has 0 radical (unpaired) electrons. The van der Waals surface area contributed by atoms with Crippen LogP contribution in [0.3, 0.4) is 0 Å². The molecule has 0 aromatic heterocycles. The van der Waals surface area contributed by atoms with Gasteiger partial charge >= 0.3 is 5.97 Å². The highest BCUT2D eigenvalue weighted by Crippen LogP contribution is 2.38. The highest BCUT2D eigenvalue weighted by molar-refractivity contribution is 5.97. The van der Waals surface area contributed by atoms with E-state index in [9.17, 15) is 19.5 Å². The lowest BCUT2D eigenvalue weighted by Gasteiger charge is -2.38. The molecule has 0 aliphatic heterocycles. The van der Waals surface area contributed by atoms with E-state index in [2.05, 4.69) is 5.32 Å². The Hall–Kier alpha value is -2.63. The summed E-state index contributed by atoms with van der Waals surface area (Å²) in [6, 6.07) is 6.26. The molecular weight excluding hydrogens is 310 g/mol. The normalized spacial score (nSPS) is 22.7. The zero-order chi connectivity index (χ0) is 17.7. The first-order valence-corrected chi connectivity index (χ1v) is 7.83. The van der Waals surface area contributed by atoms with Crippen LogP contribution in [0.4, 0.5) is 5.69 Å². The molecule has 2 rings (SSSR count). The average Bonchev–Trinajstić information content (AvgIpc) is 2.56. The number of anilines is 1. The van der Waals surface area contributed by atoms with E-state index < -0.39 is 23.3 Å². The number of rotatable bonds is 5. The van der Waals surface area contributed by atoms with E-state index in [4.69, 9.17) is 4.74 Å². The number of benzene rings is 1. The summed E-state index contributed by atoms with van der Waals surface area (Å²) >= 11 is 0. The van der Waals surface area contributed by atoms with Crippen molar-refractivity contribution in [2.75, 3.05) is 11.9 Å². The fraction of sp³-hybridized carbons (Fsp3) is 0.389. The number of nitrogens with one attached hydrogen (secondary N) is 1. The molecular formula is C18H20NO5-. The van der Waals surface area contributed by atoms with E-state index in [-0.39, 0.29) is 18.9 Å². The number of carboxylic acid groups (broad SMARTS) is 1. The Morgan fingerprint density at radius 2 is 1.92 bits per heavy atom. The van der Waals surface area contributed by atoms with Gasteiger partial charge in [0, 0.05) is 17.1 Å². The number of allylic oxidation sites excluding steroid dienone is 2. The van der Waals surface area contributed by atoms with E-state index >= 15 is 0 Å². The highest BCUT2D eigenvalue weighted by atomic mass is 16.5. The van der Waals surface area contributed by atoms with Gasteiger partial charge in [0.25, 0.3) is 0 Å². The molecule has 0 unspecified atom stereocenters. The molecule has 1 aliphatic carbocycles. The second kappa shape index (κ2) is 7.29. The molecule has 1 amide bonds. The molecule has 0 saturated carbocycles. The molecule has 1 N–H and O–H groups in total. The van der Waals surface area contributed by atoms with Crippen LogP contribution in [0, 0.1) is 11.3 Å². The standard InChI is InChI=1S/C18H21NO5/c1-3-24-16(21)12-7-9-13(10-8-12)19-15(20)14-6-4-5-11-18(14,2)17(22)23/h4-5,7-10,14H,3,6,11H2,1-2H3,(H,19,20)(H,22,23)/p-1/t14-,18-/m0/s1. The van der Waals surface area contributed by atoms with Gasteiger partial charge in [-0.05, 0) is 44.0 Å². The summed E-state index contributed by atoms with van der Waals surface area (Å²) in [5.74, 6) is -2.76. The Balaban J connectivity index is 2.10. The first kappa shape index (κ1) is 17.7. The Bertz CT molecular complexity index is 664. The molecule has 6 heteroatoms. The van der Waals surface area contributed by atoms with Gasteiger partial charge in [-0.1, -0.05) is 19.1 Å². The number of carbonyl (C=O) groups excluding carboxylic acids is 3. The van der Waals surface area contributed by atoms with Crippen LogP contribution in [-0.4, -0.2) is 24.5 Å². The van der Waals surface area contributed by atoms with Crippen molar-refractivity contribution in [2.24, 2.45) is 11.3 Å². The van der Waals surface area contributed by atoms with E-state index in [1.165, 1.54) is 6.92 Å². The van der Waals surface area contributed by atoms with Crippen LogP contribution >= 0.6 is 0 Å². The van der Waals surface area contributed by atoms with Crippen molar-refractivity contribution in [3.63, 3.8) is 0 Å². The Morgan fingerprint density at radius 1 is 1.25 bits per heavy atom. The molecule has 0 saturated heterocycles. The largest absolute Gasteiger partial charge is 0.550 e. The predicted molar refractivity (Wildman–Crippen MR) is 86.0 cm³/mol. The molecule has 1 aromatic rings. The van der Waals surface area contributed by atoms with E-state index in [1.54, 1.807) is 43.3 Å². The lowest BCUT2D eigenvalue weighted by molar-refractivity contribution is -0.320. The second-order valence-corrected chi connectivity index (χ2v) is 5.96. The first-order valence-electron chi connectivity index (χ1n) is 7.83. The van der Waals surface area contributed by atoms with Gasteiger partial charge in [0.1, 0.15) is 0 Å². The minimum Gasteiger partial charge on any atom is -0.550 e. The number of hydrogen-bond acceptors (Lipinski definition) is 5. The molecule has 0 spiro atoms. The van der Waals surface area contributed by atoms with Gasteiger partial charge in [0.15, 0.2) is 0 Å². The number of hydrogen-bond donors (Lipinski definition) is 1. The monoisotopic (exact) mass is 330 g/mol. The Kier molecular flexibility index (Phi) is 5.39. The van der Waals surface area contributed by atoms with E-state index in [0.717, 1.165) is 0 Å². The third kappa shape index (κ3) is 3.64. The van der Waals surface area contributed by atoms with Crippen molar-refractivity contribution in [3.05, 3.63) is 42.0 Å². The van der Waals surface area contributed by atoms with Gasteiger partial charge in [-0.2, -0.15) is 0 Å². The number of ether oxygens (including phenoxy) is 1. The first-order chi connectivity index (χ1) is 11.4. The summed E-state index contributed by atoms with van der Waals surface area (Å²) in [5, 5.41) is 14.2. The van der Waals surface area contributed by atoms with E-state index in [0.29, 0.717) is 17.7 Å². The third-order valence-electron chi connectivity index (χ3n) is 4.30. The maximum atomic E-state index is 12.5. The van der Waals surface area contributed by atoms with Gasteiger partial charge in [-0.15, -0.1) is 0 Å². The molecule has 0 heterocycles. The Labute approximate surface area is 140 Å². The van der Waals surface area contributed by atoms with Gasteiger partial charge in [-0.3, -0.25) is 4.79 Å². The molecule has 2 atom stereocenters. The van der Waals surface area contributed by atoms with Crippen molar-refractivity contribution < 1.29 is 24.2 Å². The zero-order valence-electron chi connectivity index (χ0n) is 13.7. The Morgan fingerprint density at radius 3 is 2.50 bits per heavy atom. The topological polar surface area (TPSA) is 95.5 Å². The summed E-state index contributed by atoms with van der Waals surface area (Å²) in [6.07, 6.45) is 4.17. The van der Waals surface area contributed by atoms with Crippen molar-refractivity contribution >= 4 is 23.5 Å². The van der Waals surface area contributed by atoms with Gasteiger partial charge in [-0.25, -0.2) is 4.79 Å². The quantitative estimate of drug-likeness (QED) is 0.652. The number of amides is 1. The fourth-order valence-electron chi connectivity index (χ4n) is 2.72. The molecule has 0 fully saturated rings. The van der Waals surface area contributed by atoms with Crippen molar-refractivity contribution in [1.29, 1.82) is 0 Å². The smallest absolute Gasteiger partial charge is 0.338 e. The molecule has 1 aliphatic rings. The van der Waals surface area contributed by atoms with Crippen molar-refractivity contribution in [3.8, 4) is 0 Å². The minimum absolute atomic E-state index is 0.259. The van der Waals surface area contributed by atoms with Crippen LogP contribution in [-0.2, 0) is 14.3 Å². The lowest BCUT2D eigenvalue weighted by Crippen LogP contribution is -2.49. The SMILES string of the molecule is CCOC(=O)c1ccc(NC(=O)[C@@H]2CC=CC[C@]2(C)C(=O)[O-])cc1. The molecule has 1 aromatic carbocycles. The maximum Gasteiger partial charge on any atom is 0.338 e. The van der Waals surface area contributed by atoms with Crippen LogP contribution in [0.1, 0.15) is 37.0 Å². The maximum absolute atomic E-state index is 12.5. The summed E-state index contributed by atoms with van der Waals surface area (Å²) in [4.78, 5) is 35.5. The number of aliphatic carboxylic acids is 1. The predicted octanol–water partition coefficient (Wildman–Crippen LogP) is 1.52. The van der Waals surface area contributed by atoms with Gasteiger partial charge < -0.3 is 20.0 Å². The van der Waals surface area contributed by atoms with Crippen LogP contribution < -0.4 is 10.4 Å². The number of carbonyl (C=O) groups is 3. The van der Waals surface area contributed by atoms with E-state index in [1.807, 2.05) is 0 Å². The lowest BCUT2D eigenvalue weighted by atomic mass is 9.69. The summed E-state index contributed by atoms with van der Waals surface area (Å²) in [6.45, 7) is 3.54. The highest BCUT2D eigenvalue weighted by Gasteiger charge is 2.40. The van der Waals surface area contributed by atoms with Crippen molar-refractivity contribution in [1.82, 2.24) is 0 Å². The van der Waals surface area contributed by atoms with Crippen LogP contribution in [0.15, 0.2) is 36.4 Å². The fourth-order valence-corrected chi connectivity index (χ4v) is 2.72. The molecule has 6 nitrogen and oxygen atoms in total. The zero-order valence-corrected chi connectivity index (χ0v) is 13.7. The van der Waals surface area contributed by atoms with Gasteiger partial charge in [0.05, 0.1) is 18.1 Å². The molecule has 128 valence electrons. The second-order valence-electron chi connectivity index (χ2n) is 5.96. The third-order valence-corrected chi connectivity index (χ3v) is 4.30. The summed E-state index contributed by atoms with van der Waals surface area (Å²) in [5.41, 5.74) is -0.359. The molecule has 0 bridgehead atoms. The average molecular weight is 330 g/mol. The van der Waals surface area contributed by atoms with Crippen LogP contribution in [0.25, 0.3) is 0 Å². The summed E-state index contributed by atoms with van der Waals surface area (Å²) < 4.78 is 4.89.